The van der Waals surface area contributed by atoms with Crippen LogP contribution in [-0.2, 0) is 0 Å². The summed E-state index contributed by atoms with van der Waals surface area (Å²) >= 11 is 3.14. The van der Waals surface area contributed by atoms with Crippen LogP contribution in [-0.4, -0.2) is 31.7 Å². The molecule has 2 nitrogen and oxygen atoms in total. The van der Waals surface area contributed by atoms with E-state index in [0.29, 0.717) is 31.6 Å². The van der Waals surface area contributed by atoms with Gasteiger partial charge >= 0.3 is 0 Å². The molecule has 3 atom stereocenters. The Morgan fingerprint density at radius 3 is 2.78 bits per heavy atom. The quantitative estimate of drug-likeness (QED) is 0.504. The maximum absolute atomic E-state index is 14.0. The molecule has 2 heterocycles. The van der Waals surface area contributed by atoms with E-state index in [2.05, 4.69) is 10.6 Å². The number of rotatable bonds is 4. The Morgan fingerprint density at radius 1 is 1.30 bits per heavy atom. The molecule has 1 aromatic heterocycles. The van der Waals surface area contributed by atoms with Crippen LogP contribution in [0.15, 0.2) is 18.2 Å². The molecule has 1 aromatic carbocycles. The average Bonchev–Trinajstić information content (AvgIpc) is 2.85. The molecule has 3 unspecified atom stereocenters. The zero-order chi connectivity index (χ0) is 16.6. The Labute approximate surface area is 148 Å². The molecule has 0 bridgehead atoms. The molecule has 0 radical (unpaired) electrons. The molecule has 0 saturated carbocycles. The van der Waals surface area contributed by atoms with Gasteiger partial charge in [-0.2, -0.15) is 0 Å². The summed E-state index contributed by atoms with van der Waals surface area (Å²) in [5, 5.41) is 6.62. The van der Waals surface area contributed by atoms with Gasteiger partial charge in [-0.05, 0) is 41.6 Å². The summed E-state index contributed by atoms with van der Waals surface area (Å²) in [6, 6.07) is 4.77. The molecular formula is C15H15F4IN2S. The lowest BCUT2D eigenvalue weighted by Crippen LogP contribution is -2.45. The fraction of sp³-hybridized carbons (Fsp3) is 0.467. The second kappa shape index (κ2) is 7.10. The van der Waals surface area contributed by atoms with Crippen molar-refractivity contribution in [2.24, 2.45) is 0 Å². The first kappa shape index (κ1) is 17.2. The highest BCUT2D eigenvalue weighted by Crippen LogP contribution is 2.43. The van der Waals surface area contributed by atoms with Crippen molar-refractivity contribution in [3.8, 4) is 0 Å². The molecule has 23 heavy (non-hydrogen) atoms. The Morgan fingerprint density at radius 2 is 2.09 bits per heavy atom. The zero-order valence-electron chi connectivity index (χ0n) is 12.0. The predicted octanol–water partition coefficient (Wildman–Crippen LogP) is 4.89. The lowest BCUT2D eigenvalue weighted by molar-refractivity contribution is 0.0501. The summed E-state index contributed by atoms with van der Waals surface area (Å²) in [6.45, 7) is 1.01. The lowest BCUT2D eigenvalue weighted by atomic mass is 10.0. The van der Waals surface area contributed by atoms with E-state index < -0.39 is 18.8 Å². The number of hydrogen-bond acceptors (Lipinski definition) is 3. The molecule has 0 aliphatic carbocycles. The normalized spacial score (nSPS) is 23.4. The topological polar surface area (TPSA) is 24.1 Å². The van der Waals surface area contributed by atoms with Crippen LogP contribution in [0, 0.1) is 2.88 Å². The first-order chi connectivity index (χ1) is 11.0. The number of thiophene rings is 1. The van der Waals surface area contributed by atoms with E-state index in [1.807, 2.05) is 22.6 Å². The van der Waals surface area contributed by atoms with Crippen LogP contribution in [0.1, 0.15) is 18.2 Å². The van der Waals surface area contributed by atoms with Crippen molar-refractivity contribution < 1.29 is 17.6 Å². The first-order valence-electron chi connectivity index (χ1n) is 7.23. The van der Waals surface area contributed by atoms with Crippen molar-refractivity contribution in [3.05, 3.63) is 26.6 Å². The number of anilines is 1. The van der Waals surface area contributed by atoms with Gasteiger partial charge in [0.2, 0.25) is 0 Å². The number of hydrogen-bond donors (Lipinski definition) is 2. The van der Waals surface area contributed by atoms with Crippen LogP contribution in [0.25, 0.3) is 10.1 Å². The third kappa shape index (κ3) is 3.43. The van der Waals surface area contributed by atoms with Crippen LogP contribution in [0.5, 0.6) is 0 Å². The van der Waals surface area contributed by atoms with Gasteiger partial charge in [-0.3, -0.25) is 0 Å². The minimum atomic E-state index is -3.06. The van der Waals surface area contributed by atoms with Gasteiger partial charge in [-0.1, -0.05) is 12.1 Å². The lowest BCUT2D eigenvalue weighted by Gasteiger charge is -2.28. The molecule has 126 valence electrons. The standard InChI is InChI=1S/C15H15F4IN2S/c16-8-6-21-5-4-9(8)22-10-3-1-2-7-11(12(17)14(18)19)15(20)23-13(7)10/h1-3,8-9,12,14,21-22H,4-6H2. The Balaban J connectivity index is 1.97. The highest BCUT2D eigenvalue weighted by atomic mass is 127. The Bertz CT molecular complexity index is 693. The van der Waals surface area contributed by atoms with Crippen LogP contribution in [0.4, 0.5) is 23.2 Å². The number of nitrogens with one attached hydrogen (secondary N) is 2. The predicted molar refractivity (Wildman–Crippen MR) is 94.2 cm³/mol. The van der Waals surface area contributed by atoms with Crippen LogP contribution < -0.4 is 10.6 Å². The number of benzene rings is 1. The highest BCUT2D eigenvalue weighted by molar-refractivity contribution is 14.1. The van der Waals surface area contributed by atoms with Crippen LogP contribution in [0.2, 0.25) is 0 Å². The molecule has 1 fully saturated rings. The fourth-order valence-electron chi connectivity index (χ4n) is 2.79. The Hall–Kier alpha value is -0.610. The molecular weight excluding hydrogens is 443 g/mol. The van der Waals surface area contributed by atoms with Crippen molar-refractivity contribution in [2.45, 2.75) is 31.2 Å². The summed E-state index contributed by atoms with van der Waals surface area (Å²) in [7, 11) is 0. The summed E-state index contributed by atoms with van der Waals surface area (Å²) in [6.07, 6.45) is -5.75. The first-order valence-corrected chi connectivity index (χ1v) is 9.13. The van der Waals surface area contributed by atoms with Gasteiger partial charge in [0.1, 0.15) is 6.17 Å². The van der Waals surface area contributed by atoms with Gasteiger partial charge < -0.3 is 10.6 Å². The van der Waals surface area contributed by atoms with Crippen molar-refractivity contribution >= 4 is 49.7 Å². The summed E-state index contributed by atoms with van der Waals surface area (Å²) in [5.74, 6) is 0. The van der Waals surface area contributed by atoms with E-state index in [1.54, 1.807) is 18.2 Å². The SMILES string of the molecule is FC(F)C(F)c1c(I)sc2c(NC3CCNCC3F)cccc12. The number of halogens is 5. The van der Waals surface area contributed by atoms with Crippen molar-refractivity contribution in [1.29, 1.82) is 0 Å². The highest BCUT2D eigenvalue weighted by Gasteiger charge is 2.29. The molecule has 3 rings (SSSR count). The number of piperidine rings is 1. The van der Waals surface area contributed by atoms with Crippen molar-refractivity contribution in [1.82, 2.24) is 5.32 Å². The maximum Gasteiger partial charge on any atom is 0.273 e. The van der Waals surface area contributed by atoms with Crippen molar-refractivity contribution in [3.63, 3.8) is 0 Å². The maximum atomic E-state index is 14.0. The molecule has 1 saturated heterocycles. The smallest absolute Gasteiger partial charge is 0.273 e. The Kier molecular flexibility index (Phi) is 5.32. The second-order valence-electron chi connectivity index (χ2n) is 5.47. The van der Waals surface area contributed by atoms with Crippen molar-refractivity contribution in [2.75, 3.05) is 18.4 Å². The molecule has 1 aliphatic rings. The van der Waals surface area contributed by atoms with E-state index in [1.165, 1.54) is 11.3 Å². The number of alkyl halides is 4. The second-order valence-corrected chi connectivity index (χ2v) is 8.30. The van der Waals surface area contributed by atoms with Gasteiger partial charge in [0, 0.05) is 17.5 Å². The summed E-state index contributed by atoms with van der Waals surface area (Å²) in [4.78, 5) is 0. The van der Waals surface area contributed by atoms with Gasteiger partial charge in [0.25, 0.3) is 6.43 Å². The minimum absolute atomic E-state index is 0.0337. The fourth-order valence-corrected chi connectivity index (χ4v) is 5.07. The number of fused-ring (bicyclic) bond motifs is 1. The molecule has 2 aromatic rings. The van der Waals surface area contributed by atoms with E-state index >= 15 is 0 Å². The molecule has 0 amide bonds. The molecule has 2 N–H and O–H groups in total. The van der Waals surface area contributed by atoms with Gasteiger partial charge in [0.15, 0.2) is 6.17 Å². The third-order valence-corrected chi connectivity index (χ3v) is 6.24. The summed E-state index contributed by atoms with van der Waals surface area (Å²) in [5.41, 5.74) is 0.707. The van der Waals surface area contributed by atoms with E-state index in [0.717, 1.165) is 6.54 Å². The van der Waals surface area contributed by atoms with Gasteiger partial charge in [0.05, 0.1) is 19.3 Å². The van der Waals surface area contributed by atoms with Gasteiger partial charge in [-0.15, -0.1) is 11.3 Å². The largest absolute Gasteiger partial charge is 0.378 e. The monoisotopic (exact) mass is 458 g/mol. The average molecular weight is 458 g/mol. The zero-order valence-corrected chi connectivity index (χ0v) is 14.9. The van der Waals surface area contributed by atoms with E-state index in [-0.39, 0.29) is 11.6 Å². The van der Waals surface area contributed by atoms with E-state index in [4.69, 9.17) is 0 Å². The third-order valence-electron chi connectivity index (χ3n) is 3.95. The van der Waals surface area contributed by atoms with E-state index in [9.17, 15) is 17.6 Å². The van der Waals surface area contributed by atoms with Gasteiger partial charge in [-0.25, -0.2) is 17.6 Å². The molecule has 0 spiro atoms. The molecule has 8 heteroatoms. The molecule has 1 aliphatic heterocycles. The minimum Gasteiger partial charge on any atom is -0.378 e. The van der Waals surface area contributed by atoms with Crippen LogP contribution >= 0.6 is 33.9 Å². The van der Waals surface area contributed by atoms with Crippen LogP contribution in [0.3, 0.4) is 0 Å². The summed E-state index contributed by atoms with van der Waals surface area (Å²) < 4.78 is 54.6.